The summed E-state index contributed by atoms with van der Waals surface area (Å²) < 4.78 is 3.12. The van der Waals surface area contributed by atoms with E-state index in [1.54, 1.807) is 0 Å². The smallest absolute Gasteiger partial charge is 0.137 e. The van der Waals surface area contributed by atoms with Crippen molar-refractivity contribution in [1.82, 2.24) is 9.38 Å². The largest absolute Gasteiger partial charge is 0.305 e. The van der Waals surface area contributed by atoms with E-state index >= 15 is 0 Å². The van der Waals surface area contributed by atoms with Crippen LogP contribution >= 0.6 is 15.9 Å². The number of aromatic nitrogens is 2. The summed E-state index contributed by atoms with van der Waals surface area (Å²) in [6.45, 7) is 8.68. The topological polar surface area (TPSA) is 17.3 Å². The quantitative estimate of drug-likeness (QED) is 0.614. The van der Waals surface area contributed by atoms with Gasteiger partial charge in [-0.25, -0.2) is 4.98 Å². The molecule has 0 amide bonds. The maximum atomic E-state index is 4.77. The highest BCUT2D eigenvalue weighted by Gasteiger charge is 2.13. The van der Waals surface area contributed by atoms with E-state index in [0.29, 0.717) is 0 Å². The molecule has 0 N–H and O–H groups in total. The molecule has 0 radical (unpaired) electrons. The lowest BCUT2D eigenvalue weighted by atomic mass is 9.93. The molecule has 0 saturated carbocycles. The molecular weight excluding hydrogens is 312 g/mol. The van der Waals surface area contributed by atoms with Crippen LogP contribution in [0.3, 0.4) is 0 Å². The molecule has 0 bridgehead atoms. The van der Waals surface area contributed by atoms with Gasteiger partial charge in [0.15, 0.2) is 0 Å². The third kappa shape index (κ3) is 2.06. The van der Waals surface area contributed by atoms with Crippen LogP contribution in [-0.4, -0.2) is 9.38 Å². The summed E-state index contributed by atoms with van der Waals surface area (Å²) in [6.07, 6.45) is 4.15. The molecule has 2 heterocycles. The summed E-state index contributed by atoms with van der Waals surface area (Å²) in [7, 11) is 0. The number of benzene rings is 1. The second-order valence-corrected chi connectivity index (χ2v) is 6.29. The van der Waals surface area contributed by atoms with Crippen LogP contribution in [0.2, 0.25) is 0 Å². The van der Waals surface area contributed by atoms with Gasteiger partial charge in [0.1, 0.15) is 5.65 Å². The molecule has 0 spiro atoms. The Morgan fingerprint density at radius 1 is 0.950 bits per heavy atom. The van der Waals surface area contributed by atoms with Gasteiger partial charge in [0.2, 0.25) is 0 Å². The Morgan fingerprint density at radius 2 is 1.60 bits per heavy atom. The molecule has 0 saturated heterocycles. The number of imidazole rings is 1. The number of hydrogen-bond acceptors (Lipinski definition) is 1. The Kier molecular flexibility index (Phi) is 3.17. The van der Waals surface area contributed by atoms with E-state index in [1.165, 1.54) is 27.8 Å². The van der Waals surface area contributed by atoms with Crippen molar-refractivity contribution < 1.29 is 0 Å². The van der Waals surface area contributed by atoms with Crippen LogP contribution in [0, 0.1) is 27.7 Å². The van der Waals surface area contributed by atoms with E-state index in [0.717, 1.165) is 15.8 Å². The van der Waals surface area contributed by atoms with E-state index in [9.17, 15) is 0 Å². The summed E-state index contributed by atoms with van der Waals surface area (Å²) in [5, 5.41) is 0. The lowest BCUT2D eigenvalue weighted by molar-refractivity contribution is 1.17. The molecule has 0 atom stereocenters. The number of fused-ring (bicyclic) bond motifs is 1. The van der Waals surface area contributed by atoms with E-state index in [1.807, 2.05) is 18.3 Å². The summed E-state index contributed by atoms with van der Waals surface area (Å²) in [5.74, 6) is 0. The zero-order valence-corrected chi connectivity index (χ0v) is 13.7. The predicted octanol–water partition coefficient (Wildman–Crippen LogP) is 5.00. The SMILES string of the molecule is Cc1cc(C)c(C)c(-c2cn3cc(Br)ccc3n2)c1C. The first kappa shape index (κ1) is 13.4. The lowest BCUT2D eigenvalue weighted by Crippen LogP contribution is -1.95. The van der Waals surface area contributed by atoms with Crippen LogP contribution in [0.15, 0.2) is 35.1 Å². The lowest BCUT2D eigenvalue weighted by Gasteiger charge is -2.13. The monoisotopic (exact) mass is 328 g/mol. The molecule has 0 aliphatic carbocycles. The maximum absolute atomic E-state index is 4.77. The van der Waals surface area contributed by atoms with Crippen LogP contribution in [0.4, 0.5) is 0 Å². The van der Waals surface area contributed by atoms with Crippen LogP contribution in [0.5, 0.6) is 0 Å². The third-order valence-electron chi connectivity index (χ3n) is 4.04. The fraction of sp³-hybridized carbons (Fsp3) is 0.235. The highest BCUT2D eigenvalue weighted by molar-refractivity contribution is 9.10. The Bertz CT molecular complexity index is 789. The van der Waals surface area contributed by atoms with Gasteiger partial charge in [-0.2, -0.15) is 0 Å². The number of rotatable bonds is 1. The van der Waals surface area contributed by atoms with Crippen molar-refractivity contribution >= 4 is 21.6 Å². The van der Waals surface area contributed by atoms with Gasteiger partial charge in [-0.05, 0) is 78.0 Å². The van der Waals surface area contributed by atoms with Crippen LogP contribution in [0.25, 0.3) is 16.9 Å². The number of halogens is 1. The minimum atomic E-state index is 0.973. The molecule has 0 aliphatic rings. The van der Waals surface area contributed by atoms with Gasteiger partial charge in [-0.15, -0.1) is 0 Å². The van der Waals surface area contributed by atoms with E-state index in [-0.39, 0.29) is 0 Å². The molecular formula is C17H17BrN2. The molecule has 3 aromatic rings. The van der Waals surface area contributed by atoms with Crippen molar-refractivity contribution in [3.8, 4) is 11.3 Å². The van der Waals surface area contributed by atoms with Crippen molar-refractivity contribution in [2.75, 3.05) is 0 Å². The van der Waals surface area contributed by atoms with Crippen molar-refractivity contribution in [1.29, 1.82) is 0 Å². The molecule has 0 fully saturated rings. The van der Waals surface area contributed by atoms with Gasteiger partial charge in [0.05, 0.1) is 5.69 Å². The molecule has 2 nitrogen and oxygen atoms in total. The Morgan fingerprint density at radius 3 is 2.25 bits per heavy atom. The average Bonchev–Trinajstić information content (AvgIpc) is 2.79. The van der Waals surface area contributed by atoms with Crippen LogP contribution in [-0.2, 0) is 0 Å². The van der Waals surface area contributed by atoms with Crippen molar-refractivity contribution in [3.05, 3.63) is 57.3 Å². The van der Waals surface area contributed by atoms with Crippen molar-refractivity contribution in [3.63, 3.8) is 0 Å². The summed E-state index contributed by atoms with van der Waals surface area (Å²) in [6, 6.07) is 6.30. The minimum absolute atomic E-state index is 0.973. The van der Waals surface area contributed by atoms with Gasteiger partial charge in [0.25, 0.3) is 0 Å². The van der Waals surface area contributed by atoms with Gasteiger partial charge in [-0.3, -0.25) is 0 Å². The molecule has 3 heteroatoms. The Hall–Kier alpha value is -1.61. The molecule has 3 rings (SSSR count). The van der Waals surface area contributed by atoms with E-state index in [4.69, 9.17) is 4.98 Å². The number of pyridine rings is 1. The molecule has 0 unspecified atom stereocenters. The first-order valence-corrected chi connectivity index (χ1v) is 7.48. The fourth-order valence-electron chi connectivity index (χ4n) is 2.69. The zero-order chi connectivity index (χ0) is 14.4. The summed E-state index contributed by atoms with van der Waals surface area (Å²) in [5.41, 5.74) is 8.56. The number of hydrogen-bond donors (Lipinski definition) is 0. The van der Waals surface area contributed by atoms with Gasteiger partial charge in [-0.1, -0.05) is 6.07 Å². The zero-order valence-electron chi connectivity index (χ0n) is 12.2. The first-order chi connectivity index (χ1) is 9.47. The molecule has 0 aliphatic heterocycles. The number of nitrogens with zero attached hydrogens (tertiary/aromatic N) is 2. The van der Waals surface area contributed by atoms with Crippen LogP contribution in [0.1, 0.15) is 22.3 Å². The average molecular weight is 329 g/mol. The maximum Gasteiger partial charge on any atom is 0.137 e. The standard InChI is InChI=1S/C17H17BrN2/c1-10-7-11(2)13(4)17(12(10)3)15-9-20-8-14(18)5-6-16(20)19-15/h5-9H,1-4H3. The first-order valence-electron chi connectivity index (χ1n) is 6.69. The van der Waals surface area contributed by atoms with Crippen molar-refractivity contribution in [2.45, 2.75) is 27.7 Å². The minimum Gasteiger partial charge on any atom is -0.305 e. The molecule has 1 aromatic carbocycles. The highest BCUT2D eigenvalue weighted by atomic mass is 79.9. The van der Waals surface area contributed by atoms with E-state index < -0.39 is 0 Å². The molecule has 102 valence electrons. The molecule has 2 aromatic heterocycles. The normalized spacial score (nSPS) is 11.2. The fourth-order valence-corrected chi connectivity index (χ4v) is 3.04. The summed E-state index contributed by atoms with van der Waals surface area (Å²) >= 11 is 3.50. The third-order valence-corrected chi connectivity index (χ3v) is 4.51. The van der Waals surface area contributed by atoms with Gasteiger partial charge < -0.3 is 4.40 Å². The highest BCUT2D eigenvalue weighted by Crippen LogP contribution is 2.31. The second-order valence-electron chi connectivity index (χ2n) is 5.37. The number of aryl methyl sites for hydroxylation is 2. The predicted molar refractivity (Wildman–Crippen MR) is 87.3 cm³/mol. The Labute approximate surface area is 127 Å². The second kappa shape index (κ2) is 4.74. The van der Waals surface area contributed by atoms with Gasteiger partial charge in [0, 0.05) is 22.4 Å². The van der Waals surface area contributed by atoms with Crippen LogP contribution < -0.4 is 0 Å². The molecule has 20 heavy (non-hydrogen) atoms. The summed E-state index contributed by atoms with van der Waals surface area (Å²) in [4.78, 5) is 4.77. The van der Waals surface area contributed by atoms with Crippen molar-refractivity contribution in [2.24, 2.45) is 0 Å². The Balaban J connectivity index is 2.30. The van der Waals surface area contributed by atoms with Gasteiger partial charge >= 0.3 is 0 Å². The van der Waals surface area contributed by atoms with E-state index in [2.05, 4.69) is 60.3 Å².